The average Bonchev–Trinajstić information content (AvgIpc) is 2.17. The quantitative estimate of drug-likeness (QED) is 0.570. The molecule has 0 fully saturated rings. The molecule has 0 spiro atoms. The fraction of sp³-hybridized carbons (Fsp3) is 0.333. The van der Waals surface area contributed by atoms with Crippen LogP contribution in [0, 0.1) is 10.1 Å². The SMILES string of the molecule is CNC(C)c1cccc([N+](=O)[O-])c1. The largest absolute Gasteiger partial charge is 0.313 e. The monoisotopic (exact) mass is 180 g/mol. The zero-order valence-corrected chi connectivity index (χ0v) is 7.65. The van der Waals surface area contributed by atoms with Crippen LogP contribution in [0.4, 0.5) is 5.69 Å². The molecule has 0 heterocycles. The highest BCUT2D eigenvalue weighted by Crippen LogP contribution is 2.18. The predicted molar refractivity (Wildman–Crippen MR) is 50.6 cm³/mol. The fourth-order valence-corrected chi connectivity index (χ4v) is 1.07. The van der Waals surface area contributed by atoms with Crippen molar-refractivity contribution in [3.05, 3.63) is 39.9 Å². The standard InChI is InChI=1S/C9H12N2O2/c1-7(10-2)8-4-3-5-9(6-8)11(12)13/h3-7,10H,1-2H3. The number of non-ortho nitro benzene ring substituents is 1. The Morgan fingerprint density at radius 2 is 2.23 bits per heavy atom. The number of nitrogens with one attached hydrogen (secondary N) is 1. The first kappa shape index (κ1) is 9.67. The molecule has 0 aromatic heterocycles. The Balaban J connectivity index is 2.98. The third kappa shape index (κ3) is 2.26. The molecule has 1 unspecified atom stereocenters. The van der Waals surface area contributed by atoms with Crippen LogP contribution in [0.1, 0.15) is 18.5 Å². The highest BCUT2D eigenvalue weighted by Gasteiger charge is 2.08. The third-order valence-corrected chi connectivity index (χ3v) is 2.01. The Morgan fingerprint density at radius 3 is 2.77 bits per heavy atom. The van der Waals surface area contributed by atoms with E-state index in [9.17, 15) is 10.1 Å². The lowest BCUT2D eigenvalue weighted by atomic mass is 10.1. The van der Waals surface area contributed by atoms with E-state index >= 15 is 0 Å². The maximum absolute atomic E-state index is 10.4. The van der Waals surface area contributed by atoms with Crippen LogP contribution in [0.2, 0.25) is 0 Å². The van der Waals surface area contributed by atoms with Gasteiger partial charge in [-0.3, -0.25) is 10.1 Å². The van der Waals surface area contributed by atoms with Gasteiger partial charge in [-0.1, -0.05) is 12.1 Å². The van der Waals surface area contributed by atoms with E-state index in [1.165, 1.54) is 6.07 Å². The minimum atomic E-state index is -0.383. The van der Waals surface area contributed by atoms with Crippen molar-refractivity contribution >= 4 is 5.69 Å². The molecule has 1 N–H and O–H groups in total. The number of hydrogen-bond acceptors (Lipinski definition) is 3. The molecule has 0 aliphatic carbocycles. The van der Waals surface area contributed by atoms with Gasteiger partial charge in [-0.25, -0.2) is 0 Å². The molecule has 4 nitrogen and oxygen atoms in total. The summed E-state index contributed by atoms with van der Waals surface area (Å²) in [5.74, 6) is 0. The third-order valence-electron chi connectivity index (χ3n) is 2.01. The van der Waals surface area contributed by atoms with Crippen LogP contribution in [0.3, 0.4) is 0 Å². The Bertz CT molecular complexity index is 312. The molecule has 0 saturated carbocycles. The summed E-state index contributed by atoms with van der Waals surface area (Å²) < 4.78 is 0. The molecule has 0 aliphatic rings. The Labute approximate surface area is 76.7 Å². The fourth-order valence-electron chi connectivity index (χ4n) is 1.07. The highest BCUT2D eigenvalue weighted by atomic mass is 16.6. The molecule has 0 amide bonds. The second-order valence-electron chi connectivity index (χ2n) is 2.86. The topological polar surface area (TPSA) is 55.2 Å². The van der Waals surface area contributed by atoms with Gasteiger partial charge in [-0.2, -0.15) is 0 Å². The minimum absolute atomic E-state index is 0.139. The van der Waals surface area contributed by atoms with Gasteiger partial charge in [-0.15, -0.1) is 0 Å². The van der Waals surface area contributed by atoms with Gasteiger partial charge in [0.15, 0.2) is 0 Å². The van der Waals surface area contributed by atoms with Crippen molar-refractivity contribution in [2.45, 2.75) is 13.0 Å². The molecule has 4 heteroatoms. The van der Waals surface area contributed by atoms with Gasteiger partial charge in [0.1, 0.15) is 0 Å². The maximum Gasteiger partial charge on any atom is 0.269 e. The number of rotatable bonds is 3. The van der Waals surface area contributed by atoms with Crippen molar-refractivity contribution in [3.63, 3.8) is 0 Å². The number of nitro groups is 1. The normalized spacial score (nSPS) is 12.5. The molecule has 1 atom stereocenters. The van der Waals surface area contributed by atoms with Crippen molar-refractivity contribution in [3.8, 4) is 0 Å². The zero-order valence-electron chi connectivity index (χ0n) is 7.65. The van der Waals surface area contributed by atoms with Crippen LogP contribution in [0.15, 0.2) is 24.3 Å². The predicted octanol–water partition coefficient (Wildman–Crippen LogP) is 1.88. The first-order chi connectivity index (χ1) is 6.15. The second-order valence-corrected chi connectivity index (χ2v) is 2.86. The van der Waals surface area contributed by atoms with Crippen LogP contribution in [0.25, 0.3) is 0 Å². The van der Waals surface area contributed by atoms with Gasteiger partial charge in [-0.05, 0) is 19.5 Å². The summed E-state index contributed by atoms with van der Waals surface area (Å²) in [7, 11) is 1.82. The maximum atomic E-state index is 10.4. The number of nitro benzene ring substituents is 1. The average molecular weight is 180 g/mol. The lowest BCUT2D eigenvalue weighted by Crippen LogP contribution is -2.12. The molecule has 0 bridgehead atoms. The number of nitrogens with zero attached hydrogens (tertiary/aromatic N) is 1. The van der Waals surface area contributed by atoms with Crippen LogP contribution in [-0.4, -0.2) is 12.0 Å². The van der Waals surface area contributed by atoms with Crippen LogP contribution in [-0.2, 0) is 0 Å². The van der Waals surface area contributed by atoms with E-state index < -0.39 is 0 Å². The molecular formula is C9H12N2O2. The van der Waals surface area contributed by atoms with Gasteiger partial charge in [0, 0.05) is 18.2 Å². The minimum Gasteiger partial charge on any atom is -0.313 e. The molecule has 1 rings (SSSR count). The van der Waals surface area contributed by atoms with E-state index in [0.717, 1.165) is 5.56 Å². The molecule has 0 aliphatic heterocycles. The number of benzene rings is 1. The van der Waals surface area contributed by atoms with Gasteiger partial charge < -0.3 is 5.32 Å². The van der Waals surface area contributed by atoms with Crippen molar-refractivity contribution < 1.29 is 4.92 Å². The van der Waals surface area contributed by atoms with Gasteiger partial charge in [0.05, 0.1) is 4.92 Å². The number of hydrogen-bond donors (Lipinski definition) is 1. The van der Waals surface area contributed by atoms with Crippen LogP contribution in [0.5, 0.6) is 0 Å². The van der Waals surface area contributed by atoms with E-state index in [2.05, 4.69) is 5.32 Å². The van der Waals surface area contributed by atoms with E-state index in [4.69, 9.17) is 0 Å². The molecule has 1 aromatic rings. The molecule has 13 heavy (non-hydrogen) atoms. The molecule has 70 valence electrons. The summed E-state index contributed by atoms with van der Waals surface area (Å²) in [6, 6.07) is 6.78. The highest BCUT2D eigenvalue weighted by molar-refractivity contribution is 5.35. The summed E-state index contributed by atoms with van der Waals surface area (Å²) in [4.78, 5) is 10.1. The lowest BCUT2D eigenvalue weighted by Gasteiger charge is -2.09. The Hall–Kier alpha value is -1.42. The van der Waals surface area contributed by atoms with Crippen molar-refractivity contribution in [2.75, 3.05) is 7.05 Å². The Morgan fingerprint density at radius 1 is 1.54 bits per heavy atom. The van der Waals surface area contributed by atoms with E-state index in [0.29, 0.717) is 0 Å². The lowest BCUT2D eigenvalue weighted by molar-refractivity contribution is -0.384. The first-order valence-electron chi connectivity index (χ1n) is 4.06. The van der Waals surface area contributed by atoms with Gasteiger partial charge in [0.25, 0.3) is 5.69 Å². The van der Waals surface area contributed by atoms with Gasteiger partial charge in [0.2, 0.25) is 0 Å². The first-order valence-corrected chi connectivity index (χ1v) is 4.06. The van der Waals surface area contributed by atoms with Crippen LogP contribution < -0.4 is 5.32 Å². The molecular weight excluding hydrogens is 168 g/mol. The van der Waals surface area contributed by atoms with E-state index in [-0.39, 0.29) is 16.7 Å². The smallest absolute Gasteiger partial charge is 0.269 e. The summed E-state index contributed by atoms with van der Waals surface area (Å²) in [5.41, 5.74) is 1.07. The van der Waals surface area contributed by atoms with Crippen LogP contribution >= 0.6 is 0 Å². The molecule has 0 radical (unpaired) electrons. The van der Waals surface area contributed by atoms with Crippen molar-refractivity contribution in [1.29, 1.82) is 0 Å². The molecule has 1 aromatic carbocycles. The summed E-state index contributed by atoms with van der Waals surface area (Å²) >= 11 is 0. The second kappa shape index (κ2) is 4.00. The van der Waals surface area contributed by atoms with Crippen molar-refractivity contribution in [1.82, 2.24) is 5.32 Å². The summed E-state index contributed by atoms with van der Waals surface area (Å²) in [6.45, 7) is 1.96. The van der Waals surface area contributed by atoms with E-state index in [1.54, 1.807) is 12.1 Å². The van der Waals surface area contributed by atoms with Gasteiger partial charge >= 0.3 is 0 Å². The zero-order chi connectivity index (χ0) is 9.84. The van der Waals surface area contributed by atoms with E-state index in [1.807, 2.05) is 20.0 Å². The summed E-state index contributed by atoms with van der Waals surface area (Å²) in [5, 5.41) is 13.5. The Kier molecular flexibility index (Phi) is 2.97. The summed E-state index contributed by atoms with van der Waals surface area (Å²) in [6.07, 6.45) is 0. The van der Waals surface area contributed by atoms with Crippen molar-refractivity contribution in [2.24, 2.45) is 0 Å². The molecule has 0 saturated heterocycles.